The zero-order valence-corrected chi connectivity index (χ0v) is 14.0. The van der Waals surface area contributed by atoms with Gasteiger partial charge in [-0.1, -0.05) is 29.8 Å². The van der Waals surface area contributed by atoms with E-state index in [9.17, 15) is 12.8 Å². The molecule has 1 aliphatic rings. The van der Waals surface area contributed by atoms with Gasteiger partial charge < -0.3 is 0 Å². The van der Waals surface area contributed by atoms with E-state index in [4.69, 9.17) is 0 Å². The van der Waals surface area contributed by atoms with E-state index in [0.717, 1.165) is 19.3 Å². The van der Waals surface area contributed by atoms with E-state index in [-0.39, 0.29) is 16.9 Å². The van der Waals surface area contributed by atoms with Crippen molar-refractivity contribution in [3.05, 3.63) is 28.5 Å². The highest BCUT2D eigenvalue weighted by Gasteiger charge is 2.30. The van der Waals surface area contributed by atoms with Gasteiger partial charge in [-0.15, -0.1) is 0 Å². The Hall–Kier alpha value is -0.460. The fraction of sp³-hybridized carbons (Fsp3) is 0.571. The van der Waals surface area contributed by atoms with Gasteiger partial charge in [0.25, 0.3) is 0 Å². The van der Waals surface area contributed by atoms with Crippen molar-refractivity contribution in [2.24, 2.45) is 11.8 Å². The number of hydrogen-bond donors (Lipinski definition) is 1. The van der Waals surface area contributed by atoms with Crippen LogP contribution < -0.4 is 4.72 Å². The largest absolute Gasteiger partial charge is 0.243 e. The molecule has 1 aromatic carbocycles. The van der Waals surface area contributed by atoms with Crippen molar-refractivity contribution in [3.8, 4) is 0 Å². The molecule has 0 aliphatic heterocycles. The van der Waals surface area contributed by atoms with Gasteiger partial charge in [0.15, 0.2) is 0 Å². The second-order valence-corrected chi connectivity index (χ2v) is 8.30. The Morgan fingerprint density at radius 1 is 1.30 bits per heavy atom. The van der Waals surface area contributed by atoms with Gasteiger partial charge in [-0.05, 0) is 49.3 Å². The average Bonchev–Trinajstić information content (AvgIpc) is 2.32. The minimum Gasteiger partial charge on any atom is -0.208 e. The Morgan fingerprint density at radius 3 is 2.60 bits per heavy atom. The van der Waals surface area contributed by atoms with Crippen LogP contribution in [0.2, 0.25) is 0 Å². The quantitative estimate of drug-likeness (QED) is 0.889. The highest BCUT2D eigenvalue weighted by atomic mass is 79.9. The fourth-order valence-electron chi connectivity index (χ4n) is 2.80. The van der Waals surface area contributed by atoms with Crippen LogP contribution in [0, 0.1) is 17.7 Å². The molecular formula is C14H19BrFNO2S. The summed E-state index contributed by atoms with van der Waals surface area (Å²) in [6, 6.07) is 3.88. The van der Waals surface area contributed by atoms with E-state index in [1.807, 2.05) is 6.92 Å². The van der Waals surface area contributed by atoms with Crippen molar-refractivity contribution in [1.82, 2.24) is 4.72 Å². The van der Waals surface area contributed by atoms with E-state index in [2.05, 4.69) is 27.6 Å². The van der Waals surface area contributed by atoms with Crippen LogP contribution in [0.5, 0.6) is 0 Å². The molecule has 112 valence electrons. The molecule has 6 heteroatoms. The molecule has 2 rings (SSSR count). The lowest BCUT2D eigenvalue weighted by atomic mass is 9.80. The zero-order valence-electron chi connectivity index (χ0n) is 11.6. The minimum atomic E-state index is -3.80. The van der Waals surface area contributed by atoms with Crippen molar-refractivity contribution in [2.75, 3.05) is 0 Å². The standard InChI is InChI=1S/C14H19BrFNO2S/c1-9-3-5-13(10(2)7-9)17-20(18,19)14-6-4-11(15)8-12(14)16/h4,6,8-10,13,17H,3,5,7H2,1-2H3. The van der Waals surface area contributed by atoms with E-state index in [1.54, 1.807) is 0 Å². The highest BCUT2D eigenvalue weighted by Crippen LogP contribution is 2.30. The molecule has 3 nitrogen and oxygen atoms in total. The van der Waals surface area contributed by atoms with Gasteiger partial charge in [-0.25, -0.2) is 17.5 Å². The normalized spacial score (nSPS) is 27.5. The van der Waals surface area contributed by atoms with Gasteiger partial charge >= 0.3 is 0 Å². The first-order valence-corrected chi connectivity index (χ1v) is 9.04. The Kier molecular flexibility index (Phi) is 4.87. The maximum absolute atomic E-state index is 13.8. The molecule has 0 saturated heterocycles. The van der Waals surface area contributed by atoms with Crippen LogP contribution in [0.4, 0.5) is 4.39 Å². The van der Waals surface area contributed by atoms with Gasteiger partial charge in [-0.3, -0.25) is 0 Å². The first-order chi connectivity index (χ1) is 9.29. The molecule has 0 radical (unpaired) electrons. The molecule has 0 aromatic heterocycles. The van der Waals surface area contributed by atoms with Gasteiger partial charge in [0, 0.05) is 10.5 Å². The molecule has 3 unspecified atom stereocenters. The molecular weight excluding hydrogens is 345 g/mol. The third kappa shape index (κ3) is 3.59. The van der Waals surface area contributed by atoms with Crippen LogP contribution in [0.15, 0.2) is 27.6 Å². The predicted molar refractivity (Wildman–Crippen MR) is 80.4 cm³/mol. The molecule has 0 spiro atoms. The lowest BCUT2D eigenvalue weighted by Crippen LogP contribution is -2.42. The summed E-state index contributed by atoms with van der Waals surface area (Å²) in [4.78, 5) is -0.286. The summed E-state index contributed by atoms with van der Waals surface area (Å²) in [6.45, 7) is 4.22. The SMILES string of the molecule is CC1CCC(NS(=O)(=O)c2ccc(Br)cc2F)C(C)C1. The number of halogens is 2. The molecule has 1 saturated carbocycles. The Balaban J connectivity index is 2.19. The summed E-state index contributed by atoms with van der Waals surface area (Å²) in [6.07, 6.45) is 2.80. The van der Waals surface area contributed by atoms with Crippen LogP contribution in [-0.2, 0) is 10.0 Å². The maximum atomic E-state index is 13.8. The topological polar surface area (TPSA) is 46.2 Å². The number of hydrogen-bond acceptors (Lipinski definition) is 2. The average molecular weight is 364 g/mol. The number of benzene rings is 1. The second-order valence-electron chi connectivity index (χ2n) is 5.70. The van der Waals surface area contributed by atoms with E-state index in [0.29, 0.717) is 10.4 Å². The Labute approximate surface area is 128 Å². The fourth-order valence-corrected chi connectivity index (χ4v) is 4.57. The summed E-state index contributed by atoms with van der Waals surface area (Å²) < 4.78 is 41.6. The van der Waals surface area contributed by atoms with Gasteiger partial charge in [0.05, 0.1) is 0 Å². The molecule has 1 fully saturated rings. The molecule has 0 bridgehead atoms. The molecule has 1 aromatic rings. The lowest BCUT2D eigenvalue weighted by molar-refractivity contribution is 0.249. The Morgan fingerprint density at radius 2 is 2.00 bits per heavy atom. The van der Waals surface area contributed by atoms with Crippen molar-refractivity contribution >= 4 is 26.0 Å². The number of nitrogens with one attached hydrogen (secondary N) is 1. The van der Waals surface area contributed by atoms with Crippen LogP contribution >= 0.6 is 15.9 Å². The lowest BCUT2D eigenvalue weighted by Gasteiger charge is -2.32. The molecule has 3 atom stereocenters. The van der Waals surface area contributed by atoms with Gasteiger partial charge in [0.1, 0.15) is 10.7 Å². The third-order valence-electron chi connectivity index (χ3n) is 3.92. The van der Waals surface area contributed by atoms with Crippen molar-refractivity contribution < 1.29 is 12.8 Å². The van der Waals surface area contributed by atoms with E-state index in [1.165, 1.54) is 18.2 Å². The summed E-state index contributed by atoms with van der Waals surface area (Å²) in [5.74, 6) is 0.158. The van der Waals surface area contributed by atoms with Crippen LogP contribution in [0.25, 0.3) is 0 Å². The molecule has 1 aliphatic carbocycles. The minimum absolute atomic E-state index is 0.112. The van der Waals surface area contributed by atoms with Crippen molar-refractivity contribution in [3.63, 3.8) is 0 Å². The molecule has 1 N–H and O–H groups in total. The van der Waals surface area contributed by atoms with Crippen LogP contribution in [0.1, 0.15) is 33.1 Å². The first kappa shape index (κ1) is 15.9. The summed E-state index contributed by atoms with van der Waals surface area (Å²) in [7, 11) is -3.80. The van der Waals surface area contributed by atoms with Crippen LogP contribution in [0.3, 0.4) is 0 Å². The maximum Gasteiger partial charge on any atom is 0.243 e. The summed E-state index contributed by atoms with van der Waals surface area (Å²) in [5, 5.41) is 0. The third-order valence-corrected chi connectivity index (χ3v) is 5.94. The number of rotatable bonds is 3. The summed E-state index contributed by atoms with van der Waals surface area (Å²) >= 11 is 3.12. The van der Waals surface area contributed by atoms with Gasteiger partial charge in [-0.2, -0.15) is 0 Å². The molecule has 0 amide bonds. The summed E-state index contributed by atoms with van der Waals surface area (Å²) in [5.41, 5.74) is 0. The smallest absolute Gasteiger partial charge is 0.208 e. The molecule has 20 heavy (non-hydrogen) atoms. The monoisotopic (exact) mass is 363 g/mol. The molecule has 0 heterocycles. The van der Waals surface area contributed by atoms with Crippen molar-refractivity contribution in [1.29, 1.82) is 0 Å². The zero-order chi connectivity index (χ0) is 14.9. The van der Waals surface area contributed by atoms with Crippen LogP contribution in [-0.4, -0.2) is 14.5 Å². The first-order valence-electron chi connectivity index (χ1n) is 6.77. The predicted octanol–water partition coefficient (Wildman–Crippen LogP) is 3.69. The van der Waals surface area contributed by atoms with E-state index < -0.39 is 15.8 Å². The van der Waals surface area contributed by atoms with Gasteiger partial charge in [0.2, 0.25) is 10.0 Å². The Bertz CT molecular complexity index is 591. The van der Waals surface area contributed by atoms with E-state index >= 15 is 0 Å². The second kappa shape index (κ2) is 6.12. The number of sulfonamides is 1. The van der Waals surface area contributed by atoms with Crippen molar-refractivity contribution in [2.45, 2.75) is 44.0 Å². The highest BCUT2D eigenvalue weighted by molar-refractivity contribution is 9.10.